The first kappa shape index (κ1) is 17.3. The summed E-state index contributed by atoms with van der Waals surface area (Å²) in [7, 11) is 0. The van der Waals surface area contributed by atoms with Crippen LogP contribution in [0.3, 0.4) is 0 Å². The molecule has 138 valence electrons. The highest BCUT2D eigenvalue weighted by molar-refractivity contribution is 5.96. The van der Waals surface area contributed by atoms with Crippen molar-refractivity contribution in [3.05, 3.63) is 70.7 Å². The Hall–Kier alpha value is -3.12. The number of benzene rings is 2. The molecule has 2 heterocycles. The molecule has 0 bridgehead atoms. The number of hydrogen-bond acceptors (Lipinski definition) is 3. The fourth-order valence-corrected chi connectivity index (χ4v) is 3.47. The molecule has 0 spiro atoms. The van der Waals surface area contributed by atoms with Gasteiger partial charge in [-0.1, -0.05) is 36.4 Å². The molecule has 0 fully saturated rings. The van der Waals surface area contributed by atoms with E-state index in [0.29, 0.717) is 11.2 Å². The van der Waals surface area contributed by atoms with Crippen molar-refractivity contribution >= 4 is 28.2 Å². The second kappa shape index (κ2) is 7.25. The summed E-state index contributed by atoms with van der Waals surface area (Å²) >= 11 is 0. The van der Waals surface area contributed by atoms with E-state index in [1.54, 1.807) is 18.2 Å². The van der Waals surface area contributed by atoms with Crippen molar-refractivity contribution in [1.82, 2.24) is 14.9 Å². The average Bonchev–Trinajstić information content (AvgIpc) is 3.07. The zero-order chi connectivity index (χ0) is 18.8. The maximum absolute atomic E-state index is 12.7. The van der Waals surface area contributed by atoms with E-state index < -0.39 is 0 Å². The van der Waals surface area contributed by atoms with Crippen LogP contribution < -0.4 is 11.0 Å². The van der Waals surface area contributed by atoms with Gasteiger partial charge in [0, 0.05) is 18.8 Å². The van der Waals surface area contributed by atoms with Crippen LogP contribution in [0.5, 0.6) is 0 Å². The second-order valence-corrected chi connectivity index (χ2v) is 6.85. The lowest BCUT2D eigenvalue weighted by atomic mass is 9.99. The number of aromatic amines is 2. The first-order valence-corrected chi connectivity index (χ1v) is 9.11. The van der Waals surface area contributed by atoms with Gasteiger partial charge in [0.15, 0.2) is 0 Å². The minimum atomic E-state index is -0.254. The molecule has 0 saturated carbocycles. The van der Waals surface area contributed by atoms with Gasteiger partial charge in [-0.25, -0.2) is 4.79 Å². The third-order valence-corrected chi connectivity index (χ3v) is 5.10. The van der Waals surface area contributed by atoms with Crippen LogP contribution in [0.15, 0.2) is 59.4 Å². The Morgan fingerprint density at radius 2 is 1.89 bits per heavy atom. The third-order valence-electron chi connectivity index (χ3n) is 5.10. The van der Waals surface area contributed by atoms with Gasteiger partial charge in [0.25, 0.3) is 0 Å². The number of imidazole rings is 1. The molecule has 0 saturated heterocycles. The Labute approximate surface area is 156 Å². The highest BCUT2D eigenvalue weighted by atomic mass is 16.2. The van der Waals surface area contributed by atoms with Crippen LogP contribution >= 0.6 is 0 Å². The maximum atomic E-state index is 12.7. The predicted octanol–water partition coefficient (Wildman–Crippen LogP) is 2.97. The molecule has 3 aromatic rings. The van der Waals surface area contributed by atoms with E-state index >= 15 is 0 Å². The average molecular weight is 362 g/mol. The molecule has 1 aliphatic rings. The number of nitrogens with zero attached hydrogens (tertiary/aromatic N) is 1. The van der Waals surface area contributed by atoms with Crippen molar-refractivity contribution in [2.75, 3.05) is 18.4 Å². The molecule has 1 atom stereocenters. The van der Waals surface area contributed by atoms with Crippen LogP contribution in [-0.4, -0.2) is 39.9 Å². The smallest absolute Gasteiger partial charge is 0.323 e. The number of carbonyl (C=O) groups excluding carboxylic acids is 1. The van der Waals surface area contributed by atoms with Crippen LogP contribution in [0.25, 0.3) is 16.6 Å². The summed E-state index contributed by atoms with van der Waals surface area (Å²) in [5.74, 6) is -0.0520. The van der Waals surface area contributed by atoms with Crippen molar-refractivity contribution in [1.29, 1.82) is 0 Å². The Bertz CT molecular complexity index is 1050. The molecule has 1 unspecified atom stereocenters. The van der Waals surface area contributed by atoms with Crippen molar-refractivity contribution in [3.63, 3.8) is 0 Å². The zero-order valence-electron chi connectivity index (χ0n) is 15.2. The third kappa shape index (κ3) is 3.71. The molecule has 0 aliphatic carbocycles. The van der Waals surface area contributed by atoms with Gasteiger partial charge in [0.1, 0.15) is 0 Å². The van der Waals surface area contributed by atoms with E-state index in [9.17, 15) is 9.59 Å². The van der Waals surface area contributed by atoms with E-state index in [1.165, 1.54) is 11.1 Å². The normalized spacial score (nSPS) is 16.1. The van der Waals surface area contributed by atoms with Gasteiger partial charge >= 0.3 is 5.69 Å². The Morgan fingerprint density at radius 1 is 1.11 bits per heavy atom. The maximum Gasteiger partial charge on any atom is 0.323 e. The van der Waals surface area contributed by atoms with Crippen molar-refractivity contribution in [2.45, 2.75) is 19.4 Å². The lowest BCUT2D eigenvalue weighted by Gasteiger charge is -2.31. The van der Waals surface area contributed by atoms with Gasteiger partial charge in [0.2, 0.25) is 5.91 Å². The van der Waals surface area contributed by atoms with Crippen LogP contribution in [0, 0.1) is 0 Å². The quantitative estimate of drug-likeness (QED) is 0.667. The van der Waals surface area contributed by atoms with Gasteiger partial charge in [0.05, 0.1) is 17.1 Å². The van der Waals surface area contributed by atoms with Gasteiger partial charge in [-0.05, 0) is 42.7 Å². The number of H-pyrrole nitrogens is 2. The Balaban J connectivity index is 1.41. The molecule has 6 heteroatoms. The van der Waals surface area contributed by atoms with Gasteiger partial charge in [-0.15, -0.1) is 0 Å². The number of fused-ring (bicyclic) bond motifs is 1. The van der Waals surface area contributed by atoms with Crippen molar-refractivity contribution in [2.24, 2.45) is 0 Å². The minimum Gasteiger partial charge on any atom is -0.325 e. The molecule has 0 radical (unpaired) electrons. The number of hydrogen-bond donors (Lipinski definition) is 3. The number of rotatable bonds is 4. The van der Waals surface area contributed by atoms with Crippen LogP contribution in [-0.2, 0) is 4.79 Å². The van der Waals surface area contributed by atoms with Gasteiger partial charge in [-0.3, -0.25) is 9.69 Å². The molecular weight excluding hydrogens is 340 g/mol. The molecule has 6 nitrogen and oxygen atoms in total. The van der Waals surface area contributed by atoms with Crippen molar-refractivity contribution in [3.8, 4) is 0 Å². The fraction of sp³-hybridized carbons (Fsp3) is 0.238. The topological polar surface area (TPSA) is 81.0 Å². The van der Waals surface area contributed by atoms with E-state index in [4.69, 9.17) is 0 Å². The summed E-state index contributed by atoms with van der Waals surface area (Å²) in [6, 6.07) is 15.5. The number of carbonyl (C=O) groups is 1. The van der Waals surface area contributed by atoms with Crippen LogP contribution in [0.2, 0.25) is 0 Å². The largest absolute Gasteiger partial charge is 0.325 e. The molecular formula is C21H22N4O2. The number of nitrogens with one attached hydrogen (secondary N) is 3. The minimum absolute atomic E-state index is 0.0520. The number of anilines is 1. The SMILES string of the molecule is CC(C(=O)Nc1ccc2[nH]c(=O)[nH]c2c1)N1CC=C(c2ccccc2)CC1. The summed E-state index contributed by atoms with van der Waals surface area (Å²) in [6.45, 7) is 3.52. The van der Waals surface area contributed by atoms with E-state index in [2.05, 4.69) is 38.4 Å². The standard InChI is InChI=1S/C21H22N4O2/c1-14(25-11-9-16(10-12-25)15-5-3-2-4-6-15)20(26)22-17-7-8-18-19(13-17)24-21(27)23-18/h2-9,13-14H,10-12H2,1H3,(H,22,26)(H2,23,24,27). The summed E-state index contributed by atoms with van der Waals surface area (Å²) in [5, 5.41) is 2.95. The Kier molecular flexibility index (Phi) is 4.64. The Morgan fingerprint density at radius 3 is 2.63 bits per heavy atom. The predicted molar refractivity (Wildman–Crippen MR) is 108 cm³/mol. The van der Waals surface area contributed by atoms with Gasteiger partial charge < -0.3 is 15.3 Å². The summed E-state index contributed by atoms with van der Waals surface area (Å²) < 4.78 is 0. The highest BCUT2D eigenvalue weighted by Crippen LogP contribution is 2.23. The van der Waals surface area contributed by atoms with E-state index in [1.807, 2.05) is 25.1 Å². The van der Waals surface area contributed by atoms with Gasteiger partial charge in [-0.2, -0.15) is 0 Å². The molecule has 1 amide bonds. The number of aromatic nitrogens is 2. The molecule has 2 aromatic carbocycles. The lowest BCUT2D eigenvalue weighted by Crippen LogP contribution is -2.44. The monoisotopic (exact) mass is 362 g/mol. The highest BCUT2D eigenvalue weighted by Gasteiger charge is 2.23. The molecule has 1 aliphatic heterocycles. The summed E-state index contributed by atoms with van der Waals surface area (Å²) in [4.78, 5) is 31.6. The van der Waals surface area contributed by atoms with Crippen molar-refractivity contribution < 1.29 is 4.79 Å². The lowest BCUT2D eigenvalue weighted by molar-refractivity contribution is -0.120. The second-order valence-electron chi connectivity index (χ2n) is 6.85. The molecule has 1 aromatic heterocycles. The molecule has 3 N–H and O–H groups in total. The molecule has 27 heavy (non-hydrogen) atoms. The summed E-state index contributed by atoms with van der Waals surface area (Å²) in [5.41, 5.74) is 4.41. The first-order chi connectivity index (χ1) is 13.1. The molecule has 4 rings (SSSR count). The van der Waals surface area contributed by atoms with Crippen LogP contribution in [0.1, 0.15) is 18.9 Å². The van der Waals surface area contributed by atoms with E-state index in [0.717, 1.165) is 25.0 Å². The number of amides is 1. The summed E-state index contributed by atoms with van der Waals surface area (Å²) in [6.07, 6.45) is 3.14. The van der Waals surface area contributed by atoms with E-state index in [-0.39, 0.29) is 17.6 Å². The zero-order valence-corrected chi connectivity index (χ0v) is 15.2. The van der Waals surface area contributed by atoms with Crippen LogP contribution in [0.4, 0.5) is 5.69 Å². The fourth-order valence-electron chi connectivity index (χ4n) is 3.47. The first-order valence-electron chi connectivity index (χ1n) is 9.11.